The van der Waals surface area contributed by atoms with Crippen LogP contribution in [-0.2, 0) is 24.1 Å². The molecule has 2 aromatic rings. The summed E-state index contributed by atoms with van der Waals surface area (Å²) in [7, 11) is 0. The molecule has 1 aromatic carbocycles. The van der Waals surface area contributed by atoms with Crippen LogP contribution < -0.4 is 10.1 Å². The van der Waals surface area contributed by atoms with Crippen molar-refractivity contribution in [2.75, 3.05) is 6.54 Å². The fourth-order valence-electron chi connectivity index (χ4n) is 3.17. The van der Waals surface area contributed by atoms with Gasteiger partial charge in [0, 0.05) is 13.0 Å². The normalized spacial score (nSPS) is 14.7. The molecule has 0 bridgehead atoms. The van der Waals surface area contributed by atoms with Gasteiger partial charge in [-0.2, -0.15) is 0 Å². The van der Waals surface area contributed by atoms with E-state index in [9.17, 15) is 4.79 Å². The van der Waals surface area contributed by atoms with Gasteiger partial charge < -0.3 is 14.5 Å². The number of benzene rings is 1. The van der Waals surface area contributed by atoms with Crippen molar-refractivity contribution >= 4 is 5.91 Å². The average Bonchev–Trinajstić information content (AvgIpc) is 3.12. The molecule has 0 spiro atoms. The third-order valence-corrected chi connectivity index (χ3v) is 4.51. The Morgan fingerprint density at radius 1 is 1.25 bits per heavy atom. The zero-order chi connectivity index (χ0) is 16.8. The van der Waals surface area contributed by atoms with Gasteiger partial charge >= 0.3 is 0 Å². The summed E-state index contributed by atoms with van der Waals surface area (Å²) in [4.78, 5) is 12.2. The second-order valence-corrected chi connectivity index (χ2v) is 6.33. The Balaban J connectivity index is 1.47. The van der Waals surface area contributed by atoms with Crippen molar-refractivity contribution in [3.63, 3.8) is 0 Å². The maximum absolute atomic E-state index is 12.2. The second kappa shape index (κ2) is 8.04. The molecule has 1 aliphatic rings. The van der Waals surface area contributed by atoms with Crippen LogP contribution in [0.4, 0.5) is 0 Å². The molecule has 0 aliphatic heterocycles. The van der Waals surface area contributed by atoms with Crippen molar-refractivity contribution in [1.82, 2.24) is 5.32 Å². The van der Waals surface area contributed by atoms with Crippen LogP contribution in [0.3, 0.4) is 0 Å². The first-order chi connectivity index (χ1) is 11.7. The summed E-state index contributed by atoms with van der Waals surface area (Å²) in [6.07, 6.45) is 7.46. The Labute approximate surface area is 143 Å². The summed E-state index contributed by atoms with van der Waals surface area (Å²) in [5, 5.41) is 2.94. The average molecular weight is 327 g/mol. The molecule has 1 N–H and O–H groups in total. The summed E-state index contributed by atoms with van der Waals surface area (Å²) >= 11 is 0. The molecule has 0 saturated carbocycles. The van der Waals surface area contributed by atoms with E-state index in [0.717, 1.165) is 37.2 Å². The fourth-order valence-corrected chi connectivity index (χ4v) is 3.17. The molecule has 24 heavy (non-hydrogen) atoms. The van der Waals surface area contributed by atoms with Crippen LogP contribution in [0.25, 0.3) is 0 Å². The smallest absolute Gasteiger partial charge is 0.260 e. The molecule has 4 heteroatoms. The molecule has 1 unspecified atom stereocenters. The van der Waals surface area contributed by atoms with Crippen molar-refractivity contribution in [1.29, 1.82) is 0 Å². The maximum Gasteiger partial charge on any atom is 0.260 e. The number of aryl methyl sites for hydroxylation is 2. The summed E-state index contributed by atoms with van der Waals surface area (Å²) in [5.74, 6) is 1.75. The van der Waals surface area contributed by atoms with E-state index < -0.39 is 6.10 Å². The van der Waals surface area contributed by atoms with E-state index in [-0.39, 0.29) is 5.91 Å². The topological polar surface area (TPSA) is 51.5 Å². The summed E-state index contributed by atoms with van der Waals surface area (Å²) < 4.78 is 11.2. The number of hydrogen-bond acceptors (Lipinski definition) is 3. The van der Waals surface area contributed by atoms with E-state index in [4.69, 9.17) is 9.15 Å². The minimum absolute atomic E-state index is 0.0668. The Hall–Kier alpha value is -2.23. The number of rotatable bonds is 7. The van der Waals surface area contributed by atoms with E-state index in [2.05, 4.69) is 11.4 Å². The Kier molecular flexibility index (Phi) is 5.57. The number of nitrogens with one attached hydrogen (secondary N) is 1. The molecule has 1 amide bonds. The van der Waals surface area contributed by atoms with E-state index in [1.807, 2.05) is 31.2 Å². The predicted octanol–water partition coefficient (Wildman–Crippen LogP) is 3.67. The molecule has 4 nitrogen and oxygen atoms in total. The van der Waals surface area contributed by atoms with Gasteiger partial charge in [-0.1, -0.05) is 12.1 Å². The third kappa shape index (κ3) is 4.19. The monoisotopic (exact) mass is 327 g/mol. The standard InChI is InChI=1S/C20H25NO3/c1-15(20(22)21-13-5-9-17-10-6-14-23-17)24-19-12-4-8-16-7-2-3-11-18(16)19/h4,6,8,10,12,14-15H,2-3,5,7,9,11,13H2,1H3,(H,21,22). The Bertz CT molecular complexity index is 664. The summed E-state index contributed by atoms with van der Waals surface area (Å²) in [6, 6.07) is 10.00. The second-order valence-electron chi connectivity index (χ2n) is 6.33. The molecule has 0 saturated heterocycles. The highest BCUT2D eigenvalue weighted by Gasteiger charge is 2.19. The molecular formula is C20H25NO3. The molecule has 0 radical (unpaired) electrons. The molecule has 1 aliphatic carbocycles. The Morgan fingerprint density at radius 3 is 2.96 bits per heavy atom. The zero-order valence-electron chi connectivity index (χ0n) is 14.2. The molecule has 3 rings (SSSR count). The number of furan rings is 1. The molecule has 1 aromatic heterocycles. The van der Waals surface area contributed by atoms with Gasteiger partial charge in [0.25, 0.3) is 5.91 Å². The van der Waals surface area contributed by atoms with Crippen molar-refractivity contribution in [2.45, 2.75) is 51.6 Å². The maximum atomic E-state index is 12.2. The van der Waals surface area contributed by atoms with Crippen molar-refractivity contribution < 1.29 is 13.9 Å². The number of ether oxygens (including phenoxy) is 1. The van der Waals surface area contributed by atoms with Crippen LogP contribution in [0.5, 0.6) is 5.75 Å². The van der Waals surface area contributed by atoms with Crippen LogP contribution in [0, 0.1) is 0 Å². The number of amides is 1. The van der Waals surface area contributed by atoms with Crippen molar-refractivity contribution in [2.24, 2.45) is 0 Å². The van der Waals surface area contributed by atoms with Crippen LogP contribution in [0.15, 0.2) is 41.0 Å². The first-order valence-electron chi connectivity index (χ1n) is 8.81. The van der Waals surface area contributed by atoms with E-state index in [1.165, 1.54) is 24.0 Å². The highest BCUT2D eigenvalue weighted by Crippen LogP contribution is 2.30. The quantitative estimate of drug-likeness (QED) is 0.789. The van der Waals surface area contributed by atoms with Gasteiger partial charge in [-0.3, -0.25) is 4.79 Å². The lowest BCUT2D eigenvalue weighted by Crippen LogP contribution is -2.37. The van der Waals surface area contributed by atoms with Crippen molar-refractivity contribution in [3.05, 3.63) is 53.5 Å². The predicted molar refractivity (Wildman–Crippen MR) is 93.2 cm³/mol. The third-order valence-electron chi connectivity index (χ3n) is 4.51. The van der Waals surface area contributed by atoms with Gasteiger partial charge in [-0.25, -0.2) is 0 Å². The van der Waals surface area contributed by atoms with Crippen LogP contribution in [0.2, 0.25) is 0 Å². The number of fused-ring (bicyclic) bond motifs is 1. The minimum Gasteiger partial charge on any atom is -0.481 e. The lowest BCUT2D eigenvalue weighted by atomic mass is 9.91. The SMILES string of the molecule is CC(Oc1cccc2c1CCCC2)C(=O)NCCCc1ccco1. The van der Waals surface area contributed by atoms with Gasteiger partial charge in [0.15, 0.2) is 6.10 Å². The van der Waals surface area contributed by atoms with Gasteiger partial charge in [0.1, 0.15) is 11.5 Å². The van der Waals surface area contributed by atoms with Crippen LogP contribution >= 0.6 is 0 Å². The number of carbonyl (C=O) groups is 1. The largest absolute Gasteiger partial charge is 0.481 e. The molecule has 1 atom stereocenters. The van der Waals surface area contributed by atoms with Crippen LogP contribution in [0.1, 0.15) is 43.1 Å². The van der Waals surface area contributed by atoms with Gasteiger partial charge in [0.05, 0.1) is 6.26 Å². The molecule has 0 fully saturated rings. The zero-order valence-corrected chi connectivity index (χ0v) is 14.2. The fraction of sp³-hybridized carbons (Fsp3) is 0.450. The Morgan fingerprint density at radius 2 is 2.12 bits per heavy atom. The molecule has 1 heterocycles. The number of hydrogen-bond donors (Lipinski definition) is 1. The van der Waals surface area contributed by atoms with E-state index >= 15 is 0 Å². The molecule has 128 valence electrons. The van der Waals surface area contributed by atoms with Crippen LogP contribution in [-0.4, -0.2) is 18.6 Å². The van der Waals surface area contributed by atoms with Gasteiger partial charge in [0.2, 0.25) is 0 Å². The summed E-state index contributed by atoms with van der Waals surface area (Å²) in [6.45, 7) is 2.43. The van der Waals surface area contributed by atoms with Gasteiger partial charge in [-0.05, 0) is 68.4 Å². The number of carbonyl (C=O) groups excluding carboxylic acids is 1. The van der Waals surface area contributed by atoms with E-state index in [0.29, 0.717) is 6.54 Å². The first kappa shape index (κ1) is 16.6. The summed E-state index contributed by atoms with van der Waals surface area (Å²) in [5.41, 5.74) is 2.64. The lowest BCUT2D eigenvalue weighted by molar-refractivity contribution is -0.127. The minimum atomic E-state index is -0.484. The van der Waals surface area contributed by atoms with E-state index in [1.54, 1.807) is 6.26 Å². The highest BCUT2D eigenvalue weighted by atomic mass is 16.5. The lowest BCUT2D eigenvalue weighted by Gasteiger charge is -2.22. The highest BCUT2D eigenvalue weighted by molar-refractivity contribution is 5.80. The van der Waals surface area contributed by atoms with Gasteiger partial charge in [-0.15, -0.1) is 0 Å². The van der Waals surface area contributed by atoms with Crippen molar-refractivity contribution in [3.8, 4) is 5.75 Å². The molecular weight excluding hydrogens is 302 g/mol. The first-order valence-corrected chi connectivity index (χ1v) is 8.81.